The van der Waals surface area contributed by atoms with Crippen LogP contribution in [0.5, 0.6) is 5.75 Å². The van der Waals surface area contributed by atoms with Crippen LogP contribution in [0.25, 0.3) is 16.2 Å². The summed E-state index contributed by atoms with van der Waals surface area (Å²) in [6.07, 6.45) is 2.01. The van der Waals surface area contributed by atoms with E-state index in [9.17, 15) is 0 Å². The maximum Gasteiger partial charge on any atom is 0.196 e. The van der Waals surface area contributed by atoms with Crippen LogP contribution < -0.4 is 10.5 Å². The highest BCUT2D eigenvalue weighted by atomic mass is 32.1. The molecule has 0 amide bonds. The highest BCUT2D eigenvalue weighted by Crippen LogP contribution is 2.30. The number of fused-ring (bicyclic) bond motifs is 1. The first-order chi connectivity index (χ1) is 9.19. The van der Waals surface area contributed by atoms with Gasteiger partial charge in [0, 0.05) is 16.6 Å². The quantitative estimate of drug-likeness (QED) is 0.796. The molecule has 0 spiro atoms. The number of hydrogen-bond acceptors (Lipinski definition) is 4. The van der Waals surface area contributed by atoms with E-state index in [4.69, 9.17) is 10.5 Å². The predicted octanol–water partition coefficient (Wildman–Crippen LogP) is 3.35. The average Bonchev–Trinajstić information content (AvgIpc) is 2.90. The first-order valence-electron chi connectivity index (χ1n) is 6.16. The third kappa shape index (κ3) is 2.06. The maximum absolute atomic E-state index is 6.16. The molecule has 98 valence electrons. The summed E-state index contributed by atoms with van der Waals surface area (Å²) in [6, 6.07) is 7.86. The Bertz CT molecular complexity index is 712. The Kier molecular flexibility index (Phi) is 2.91. The van der Waals surface area contributed by atoms with E-state index in [1.165, 1.54) is 4.88 Å². The van der Waals surface area contributed by atoms with Crippen LogP contribution in [-0.2, 0) is 0 Å². The number of anilines is 1. The third-order valence-electron chi connectivity index (χ3n) is 2.92. The molecule has 0 unspecified atom stereocenters. The van der Waals surface area contributed by atoms with Crippen molar-refractivity contribution >= 4 is 22.1 Å². The van der Waals surface area contributed by atoms with Gasteiger partial charge in [0.1, 0.15) is 17.3 Å². The van der Waals surface area contributed by atoms with Gasteiger partial charge in [-0.15, -0.1) is 11.3 Å². The normalized spacial score (nSPS) is 11.1. The van der Waals surface area contributed by atoms with Crippen LogP contribution >= 0.6 is 11.3 Å². The Morgan fingerprint density at radius 3 is 2.68 bits per heavy atom. The van der Waals surface area contributed by atoms with Crippen LogP contribution in [0.15, 0.2) is 30.5 Å². The van der Waals surface area contributed by atoms with Gasteiger partial charge in [0.25, 0.3) is 0 Å². The first kappa shape index (κ1) is 12.0. The molecule has 0 bridgehead atoms. The lowest BCUT2D eigenvalue weighted by molar-refractivity contribution is 0.340. The summed E-state index contributed by atoms with van der Waals surface area (Å²) in [5.74, 6) is 1.55. The predicted molar refractivity (Wildman–Crippen MR) is 78.8 cm³/mol. The number of nitrogens with zero attached hydrogens (tertiary/aromatic N) is 2. The number of nitrogens with two attached hydrogens (primary N) is 1. The first-order valence-corrected chi connectivity index (χ1v) is 6.98. The lowest BCUT2D eigenvalue weighted by Crippen LogP contribution is -1.93. The Hall–Kier alpha value is -2.01. The largest absolute Gasteiger partial charge is 0.494 e. The van der Waals surface area contributed by atoms with Crippen LogP contribution in [0.2, 0.25) is 0 Å². The van der Waals surface area contributed by atoms with E-state index in [1.807, 2.05) is 41.8 Å². The smallest absolute Gasteiger partial charge is 0.196 e. The standard InChI is InChI=1S/C14H15N3OS/c1-3-18-11-6-4-10(5-7-11)12-13(15)17-8-9(2)19-14(17)16-12/h4-8H,3,15H2,1-2H3. The van der Waals surface area contributed by atoms with Crippen LogP contribution in [0.3, 0.4) is 0 Å². The van der Waals surface area contributed by atoms with E-state index in [2.05, 4.69) is 11.9 Å². The minimum atomic E-state index is 0.668. The van der Waals surface area contributed by atoms with E-state index >= 15 is 0 Å². The summed E-state index contributed by atoms with van der Waals surface area (Å²) in [6.45, 7) is 4.69. The van der Waals surface area contributed by atoms with Gasteiger partial charge in [-0.1, -0.05) is 0 Å². The van der Waals surface area contributed by atoms with Gasteiger partial charge in [-0.3, -0.25) is 4.40 Å². The average molecular weight is 273 g/mol. The van der Waals surface area contributed by atoms with E-state index < -0.39 is 0 Å². The fourth-order valence-corrected chi connectivity index (χ4v) is 2.89. The number of benzene rings is 1. The molecule has 0 aliphatic heterocycles. The summed E-state index contributed by atoms with van der Waals surface area (Å²) in [5, 5.41) is 0. The molecule has 0 saturated heterocycles. The fraction of sp³-hybridized carbons (Fsp3) is 0.214. The summed E-state index contributed by atoms with van der Waals surface area (Å²) < 4.78 is 7.37. The Balaban J connectivity index is 2.03. The minimum Gasteiger partial charge on any atom is -0.494 e. The molecule has 0 aliphatic carbocycles. The van der Waals surface area contributed by atoms with Crippen molar-refractivity contribution in [2.75, 3.05) is 12.3 Å². The summed E-state index contributed by atoms with van der Waals surface area (Å²) in [5.41, 5.74) is 7.99. The molecule has 3 rings (SSSR count). The second kappa shape index (κ2) is 4.59. The Morgan fingerprint density at radius 1 is 1.32 bits per heavy atom. The SMILES string of the molecule is CCOc1ccc(-c2nc3sc(C)cn3c2N)cc1. The zero-order valence-corrected chi connectivity index (χ0v) is 11.7. The third-order valence-corrected chi connectivity index (χ3v) is 3.82. The highest BCUT2D eigenvalue weighted by Gasteiger charge is 2.13. The maximum atomic E-state index is 6.16. The number of hydrogen-bond donors (Lipinski definition) is 1. The van der Waals surface area contributed by atoms with Gasteiger partial charge in [-0.05, 0) is 38.1 Å². The summed E-state index contributed by atoms with van der Waals surface area (Å²) in [7, 11) is 0. The van der Waals surface area contributed by atoms with Crippen molar-refractivity contribution in [2.45, 2.75) is 13.8 Å². The van der Waals surface area contributed by atoms with Crippen molar-refractivity contribution in [3.8, 4) is 17.0 Å². The monoisotopic (exact) mass is 273 g/mol. The zero-order chi connectivity index (χ0) is 13.4. The highest BCUT2D eigenvalue weighted by molar-refractivity contribution is 7.17. The van der Waals surface area contributed by atoms with Gasteiger partial charge in [-0.25, -0.2) is 4.98 Å². The van der Waals surface area contributed by atoms with E-state index in [1.54, 1.807) is 11.3 Å². The second-order valence-electron chi connectivity index (χ2n) is 4.30. The summed E-state index contributed by atoms with van der Waals surface area (Å²) in [4.78, 5) is 6.73. The van der Waals surface area contributed by atoms with Gasteiger partial charge in [0.2, 0.25) is 0 Å². The van der Waals surface area contributed by atoms with Crippen molar-refractivity contribution in [1.82, 2.24) is 9.38 Å². The number of ether oxygens (including phenoxy) is 1. The van der Waals surface area contributed by atoms with Gasteiger partial charge in [0.15, 0.2) is 4.96 Å². The number of thiazole rings is 1. The van der Waals surface area contributed by atoms with Crippen molar-refractivity contribution in [1.29, 1.82) is 0 Å². The van der Waals surface area contributed by atoms with E-state index in [0.717, 1.165) is 22.0 Å². The second-order valence-corrected chi connectivity index (χ2v) is 5.51. The molecule has 3 aromatic rings. The van der Waals surface area contributed by atoms with Gasteiger partial charge in [-0.2, -0.15) is 0 Å². The molecule has 0 saturated carbocycles. The van der Waals surface area contributed by atoms with Crippen LogP contribution in [0, 0.1) is 6.92 Å². The van der Waals surface area contributed by atoms with Crippen LogP contribution in [0.4, 0.5) is 5.82 Å². The fourth-order valence-electron chi connectivity index (χ4n) is 2.06. The molecule has 0 aliphatic rings. The molecule has 2 aromatic heterocycles. The molecule has 19 heavy (non-hydrogen) atoms. The van der Waals surface area contributed by atoms with Gasteiger partial charge >= 0.3 is 0 Å². The minimum absolute atomic E-state index is 0.668. The van der Waals surface area contributed by atoms with Crippen LogP contribution in [-0.4, -0.2) is 16.0 Å². The lowest BCUT2D eigenvalue weighted by Gasteiger charge is -2.04. The van der Waals surface area contributed by atoms with Crippen molar-refractivity contribution in [3.05, 3.63) is 35.3 Å². The van der Waals surface area contributed by atoms with Gasteiger partial charge < -0.3 is 10.5 Å². The number of aryl methyl sites for hydroxylation is 1. The molecule has 4 nitrogen and oxygen atoms in total. The number of aromatic nitrogens is 2. The lowest BCUT2D eigenvalue weighted by atomic mass is 10.1. The molecule has 0 fully saturated rings. The number of imidazole rings is 1. The number of nitrogen functional groups attached to an aromatic ring is 1. The number of rotatable bonds is 3. The molecule has 5 heteroatoms. The van der Waals surface area contributed by atoms with E-state index in [-0.39, 0.29) is 0 Å². The molecular weight excluding hydrogens is 258 g/mol. The van der Waals surface area contributed by atoms with Crippen molar-refractivity contribution < 1.29 is 4.74 Å². The molecule has 1 aromatic carbocycles. The van der Waals surface area contributed by atoms with Gasteiger partial charge in [0.05, 0.1) is 6.61 Å². The molecule has 0 atom stereocenters. The molecule has 2 N–H and O–H groups in total. The Morgan fingerprint density at radius 2 is 2.05 bits per heavy atom. The topological polar surface area (TPSA) is 52.5 Å². The van der Waals surface area contributed by atoms with Crippen molar-refractivity contribution in [3.63, 3.8) is 0 Å². The Labute approximate surface area is 115 Å². The van der Waals surface area contributed by atoms with Crippen molar-refractivity contribution in [2.24, 2.45) is 0 Å². The molecular formula is C14H15N3OS. The zero-order valence-electron chi connectivity index (χ0n) is 10.9. The van der Waals surface area contributed by atoms with E-state index in [0.29, 0.717) is 12.4 Å². The summed E-state index contributed by atoms with van der Waals surface area (Å²) >= 11 is 1.64. The van der Waals surface area contributed by atoms with Crippen LogP contribution in [0.1, 0.15) is 11.8 Å². The molecule has 2 heterocycles. The molecule has 0 radical (unpaired) electrons.